The van der Waals surface area contributed by atoms with Crippen molar-refractivity contribution in [1.29, 1.82) is 0 Å². The van der Waals surface area contributed by atoms with E-state index in [-0.39, 0.29) is 5.25 Å². The molecule has 0 bridgehead atoms. The van der Waals surface area contributed by atoms with Crippen LogP contribution in [0.3, 0.4) is 0 Å². The zero-order chi connectivity index (χ0) is 22.3. The predicted octanol–water partition coefficient (Wildman–Crippen LogP) is 5.12. The fourth-order valence-corrected chi connectivity index (χ4v) is 5.11. The number of sulfonamides is 1. The highest BCUT2D eigenvalue weighted by Gasteiger charge is 2.36. The molecule has 1 aliphatic carbocycles. The molecule has 0 atom stereocenters. The summed E-state index contributed by atoms with van der Waals surface area (Å²) in [6.45, 7) is 0. The van der Waals surface area contributed by atoms with Crippen LogP contribution in [0.5, 0.6) is 0 Å². The number of hydrogen-bond acceptors (Lipinski definition) is 6. The molecule has 0 aliphatic heterocycles. The van der Waals surface area contributed by atoms with E-state index in [1.165, 1.54) is 0 Å². The molecule has 32 heavy (non-hydrogen) atoms. The van der Waals surface area contributed by atoms with Crippen molar-refractivity contribution in [2.75, 3.05) is 15.4 Å². The van der Waals surface area contributed by atoms with Gasteiger partial charge in [0.25, 0.3) is 0 Å². The Morgan fingerprint density at radius 1 is 1.06 bits per heavy atom. The number of benzene rings is 2. The normalized spacial score (nSPS) is 13.8. The summed E-state index contributed by atoms with van der Waals surface area (Å²) in [5.74, 6) is 0.931. The molecule has 5 rings (SSSR count). The first-order valence-electron chi connectivity index (χ1n) is 10.1. The quantitative estimate of drug-likeness (QED) is 0.317. The summed E-state index contributed by atoms with van der Waals surface area (Å²) in [6.07, 6.45) is 5.06. The number of para-hydroxylation sites is 2. The summed E-state index contributed by atoms with van der Waals surface area (Å²) in [5.41, 5.74) is 3.05. The molecule has 1 saturated carbocycles. The molecule has 1 aliphatic rings. The first-order chi connectivity index (χ1) is 15.4. The third-order valence-corrected chi connectivity index (χ3v) is 7.72. The van der Waals surface area contributed by atoms with Crippen molar-refractivity contribution in [3.63, 3.8) is 0 Å². The Hall–Kier alpha value is -3.11. The van der Waals surface area contributed by atoms with E-state index in [0.717, 1.165) is 16.6 Å². The number of fused-ring (bicyclic) bond motifs is 1. The van der Waals surface area contributed by atoms with Crippen LogP contribution in [0.25, 0.3) is 10.9 Å². The molecule has 164 valence electrons. The fraction of sp³-hybridized carbons (Fsp3) is 0.182. The lowest BCUT2D eigenvalue weighted by molar-refractivity contribution is 0.600. The number of nitrogens with zero attached hydrogens (tertiary/aromatic N) is 3. The van der Waals surface area contributed by atoms with Crippen molar-refractivity contribution in [1.82, 2.24) is 14.5 Å². The van der Waals surface area contributed by atoms with Gasteiger partial charge in [0.1, 0.15) is 5.82 Å². The Balaban J connectivity index is 1.40. The maximum Gasteiger partial charge on any atom is 0.235 e. The second kappa shape index (κ2) is 8.10. The summed E-state index contributed by atoms with van der Waals surface area (Å²) in [6, 6.07) is 15.3. The zero-order valence-electron chi connectivity index (χ0n) is 17.2. The molecule has 2 aromatic carbocycles. The lowest BCUT2D eigenvalue weighted by Crippen LogP contribution is -2.18. The van der Waals surface area contributed by atoms with Crippen molar-refractivity contribution in [3.8, 4) is 0 Å². The van der Waals surface area contributed by atoms with E-state index >= 15 is 0 Å². The molecule has 0 unspecified atom stereocenters. The topological polar surface area (TPSA) is 101 Å². The number of nitrogens with one attached hydrogen (secondary N) is 3. The Bertz CT molecular complexity index is 1420. The summed E-state index contributed by atoms with van der Waals surface area (Å²) >= 11 is 3.47. The third-order valence-electron chi connectivity index (χ3n) is 5.28. The van der Waals surface area contributed by atoms with Crippen LogP contribution in [-0.2, 0) is 17.1 Å². The second-order valence-corrected chi connectivity index (χ2v) is 10.5. The lowest BCUT2D eigenvalue weighted by Gasteiger charge is -2.15. The molecule has 8 nitrogen and oxygen atoms in total. The van der Waals surface area contributed by atoms with Gasteiger partial charge in [-0.15, -0.1) is 0 Å². The number of hydrogen-bond donors (Lipinski definition) is 3. The first kappa shape index (κ1) is 20.8. The average Bonchev–Trinajstić information content (AvgIpc) is 3.57. The van der Waals surface area contributed by atoms with Crippen LogP contribution >= 0.6 is 15.9 Å². The third kappa shape index (κ3) is 4.28. The highest BCUT2D eigenvalue weighted by Crippen LogP contribution is 2.34. The van der Waals surface area contributed by atoms with E-state index in [0.29, 0.717) is 40.5 Å². The summed E-state index contributed by atoms with van der Waals surface area (Å²) in [7, 11) is -1.38. The molecule has 2 heterocycles. The standard InChI is InChI=1S/C22H21BrN6O2S/c1-29-11-10-14-6-7-15(12-20(14)29)25-22-24-13-17(23)21(27-22)26-18-4-2-3-5-19(18)28-32(30,31)16-8-9-16/h2-7,10-13,16,28H,8-9H2,1H3,(H2,24,25,26,27). The van der Waals surface area contributed by atoms with Crippen LogP contribution in [0, 0.1) is 0 Å². The average molecular weight is 513 g/mol. The van der Waals surface area contributed by atoms with Gasteiger partial charge in [0.15, 0.2) is 0 Å². The van der Waals surface area contributed by atoms with Crippen LogP contribution in [-0.4, -0.2) is 28.2 Å². The highest BCUT2D eigenvalue weighted by atomic mass is 79.9. The van der Waals surface area contributed by atoms with Crippen molar-refractivity contribution in [3.05, 3.63) is 65.4 Å². The van der Waals surface area contributed by atoms with Crippen LogP contribution in [0.15, 0.2) is 65.4 Å². The second-order valence-electron chi connectivity index (χ2n) is 7.73. The van der Waals surface area contributed by atoms with Crippen molar-refractivity contribution < 1.29 is 8.42 Å². The van der Waals surface area contributed by atoms with Gasteiger partial charge in [0, 0.05) is 30.6 Å². The number of anilines is 5. The fourth-order valence-electron chi connectivity index (χ4n) is 3.41. The van der Waals surface area contributed by atoms with Crippen LogP contribution in [0.4, 0.5) is 28.8 Å². The summed E-state index contributed by atoms with van der Waals surface area (Å²) < 4.78 is 30.2. The van der Waals surface area contributed by atoms with E-state index in [1.807, 2.05) is 37.5 Å². The van der Waals surface area contributed by atoms with E-state index in [2.05, 4.69) is 51.9 Å². The van der Waals surface area contributed by atoms with Crippen LogP contribution < -0.4 is 15.4 Å². The van der Waals surface area contributed by atoms with Crippen LogP contribution in [0.1, 0.15) is 12.8 Å². The summed E-state index contributed by atoms with van der Waals surface area (Å²) in [4.78, 5) is 8.93. The van der Waals surface area contributed by atoms with Gasteiger partial charge in [0.05, 0.1) is 21.1 Å². The van der Waals surface area contributed by atoms with Gasteiger partial charge in [-0.05, 0) is 64.5 Å². The van der Waals surface area contributed by atoms with Gasteiger partial charge < -0.3 is 15.2 Å². The number of halogens is 1. The van der Waals surface area contributed by atoms with E-state index in [9.17, 15) is 8.42 Å². The van der Waals surface area contributed by atoms with Gasteiger partial charge >= 0.3 is 0 Å². The highest BCUT2D eigenvalue weighted by molar-refractivity contribution is 9.10. The van der Waals surface area contributed by atoms with Crippen LogP contribution in [0.2, 0.25) is 0 Å². The van der Waals surface area contributed by atoms with Crippen molar-refractivity contribution in [2.24, 2.45) is 7.05 Å². The number of aromatic nitrogens is 3. The lowest BCUT2D eigenvalue weighted by atomic mass is 10.2. The number of rotatable bonds is 7. The molecular weight excluding hydrogens is 492 g/mol. The smallest absolute Gasteiger partial charge is 0.235 e. The minimum Gasteiger partial charge on any atom is -0.350 e. The first-order valence-corrected chi connectivity index (χ1v) is 12.5. The Morgan fingerprint density at radius 2 is 1.84 bits per heavy atom. The largest absolute Gasteiger partial charge is 0.350 e. The molecule has 1 fully saturated rings. The molecule has 0 saturated heterocycles. The van der Waals surface area contributed by atoms with Gasteiger partial charge in [-0.3, -0.25) is 4.72 Å². The predicted molar refractivity (Wildman–Crippen MR) is 131 cm³/mol. The molecule has 4 aromatic rings. The monoisotopic (exact) mass is 512 g/mol. The summed E-state index contributed by atoms with van der Waals surface area (Å²) in [5, 5.41) is 7.30. The van der Waals surface area contributed by atoms with Gasteiger partial charge in [-0.2, -0.15) is 4.98 Å². The van der Waals surface area contributed by atoms with Gasteiger partial charge in [-0.25, -0.2) is 13.4 Å². The minimum absolute atomic E-state index is 0.307. The Morgan fingerprint density at radius 3 is 2.62 bits per heavy atom. The van der Waals surface area contributed by atoms with Gasteiger partial charge in [-0.1, -0.05) is 18.2 Å². The SMILES string of the molecule is Cn1ccc2ccc(Nc3ncc(Br)c(Nc4ccccc4NS(=O)(=O)C4CC4)n3)cc21. The molecule has 0 amide bonds. The minimum atomic E-state index is -3.38. The molecule has 3 N–H and O–H groups in total. The Kier molecular flexibility index (Phi) is 5.26. The molecule has 0 radical (unpaired) electrons. The van der Waals surface area contributed by atoms with E-state index < -0.39 is 10.0 Å². The maximum absolute atomic E-state index is 12.4. The van der Waals surface area contributed by atoms with Crippen molar-refractivity contribution in [2.45, 2.75) is 18.1 Å². The van der Waals surface area contributed by atoms with Gasteiger partial charge in [0.2, 0.25) is 16.0 Å². The van der Waals surface area contributed by atoms with E-state index in [4.69, 9.17) is 0 Å². The Labute approximate surface area is 194 Å². The van der Waals surface area contributed by atoms with Crippen molar-refractivity contribution >= 4 is 65.7 Å². The molecule has 10 heteroatoms. The molecular formula is C22H21BrN6O2S. The molecule has 2 aromatic heterocycles. The molecule has 0 spiro atoms. The maximum atomic E-state index is 12.4. The zero-order valence-corrected chi connectivity index (χ0v) is 19.6. The number of aryl methyl sites for hydroxylation is 1. The van der Waals surface area contributed by atoms with E-state index in [1.54, 1.807) is 24.4 Å².